The van der Waals surface area contributed by atoms with Gasteiger partial charge in [-0.1, -0.05) is 6.92 Å². The SMILES string of the molecule is COCC(=O)Nc1ccc2c(c1)OC[C@H](C)N(Cc1cncnc1)C[C@H](C)[C@@H](OC)CN(C)C2=O. The molecular weight excluding hydrogens is 450 g/mol. The second kappa shape index (κ2) is 12.6. The predicted octanol–water partition coefficient (Wildman–Crippen LogP) is 2.07. The molecule has 10 heteroatoms. The summed E-state index contributed by atoms with van der Waals surface area (Å²) in [5.74, 6) is 0.107. The van der Waals surface area contributed by atoms with Crippen molar-refractivity contribution < 1.29 is 23.8 Å². The fourth-order valence-corrected chi connectivity index (χ4v) is 4.12. The van der Waals surface area contributed by atoms with E-state index in [0.717, 1.165) is 12.1 Å². The molecule has 1 aromatic heterocycles. The van der Waals surface area contributed by atoms with Crippen molar-refractivity contribution in [1.82, 2.24) is 19.8 Å². The summed E-state index contributed by atoms with van der Waals surface area (Å²) in [6, 6.07) is 5.06. The van der Waals surface area contributed by atoms with Gasteiger partial charge in [-0.3, -0.25) is 14.5 Å². The summed E-state index contributed by atoms with van der Waals surface area (Å²) in [6.07, 6.45) is 4.99. The van der Waals surface area contributed by atoms with Crippen LogP contribution < -0.4 is 10.1 Å². The minimum Gasteiger partial charge on any atom is -0.491 e. The van der Waals surface area contributed by atoms with Crippen LogP contribution in [0.3, 0.4) is 0 Å². The normalized spacial score (nSPS) is 21.9. The van der Waals surface area contributed by atoms with E-state index in [1.165, 1.54) is 13.4 Å². The maximum absolute atomic E-state index is 13.3. The highest BCUT2D eigenvalue weighted by Gasteiger charge is 2.28. The second-order valence-electron chi connectivity index (χ2n) is 8.97. The molecule has 0 spiro atoms. The fraction of sp³-hybridized carbons (Fsp3) is 0.520. The van der Waals surface area contributed by atoms with Crippen LogP contribution in [0.4, 0.5) is 5.69 Å². The van der Waals surface area contributed by atoms with Gasteiger partial charge in [0.15, 0.2) is 0 Å². The van der Waals surface area contributed by atoms with Gasteiger partial charge >= 0.3 is 0 Å². The third-order valence-corrected chi connectivity index (χ3v) is 6.13. The van der Waals surface area contributed by atoms with Gasteiger partial charge in [0.05, 0.1) is 11.7 Å². The van der Waals surface area contributed by atoms with Gasteiger partial charge in [-0.25, -0.2) is 9.97 Å². The zero-order valence-corrected chi connectivity index (χ0v) is 21.1. The van der Waals surface area contributed by atoms with Crippen LogP contribution in [0.1, 0.15) is 29.8 Å². The Hall–Kier alpha value is -3.08. The third-order valence-electron chi connectivity index (χ3n) is 6.13. The molecule has 1 aliphatic heterocycles. The van der Waals surface area contributed by atoms with E-state index in [1.54, 1.807) is 37.3 Å². The summed E-state index contributed by atoms with van der Waals surface area (Å²) in [4.78, 5) is 37.5. The van der Waals surface area contributed by atoms with Gasteiger partial charge in [0.25, 0.3) is 5.91 Å². The number of hydrogen-bond acceptors (Lipinski definition) is 8. The van der Waals surface area contributed by atoms with Crippen LogP contribution in [0.25, 0.3) is 0 Å². The van der Waals surface area contributed by atoms with Crippen molar-refractivity contribution in [2.24, 2.45) is 5.92 Å². The number of nitrogens with one attached hydrogen (secondary N) is 1. The quantitative estimate of drug-likeness (QED) is 0.663. The van der Waals surface area contributed by atoms with Crippen LogP contribution in [0.2, 0.25) is 0 Å². The topological polar surface area (TPSA) is 106 Å². The Labute approximate surface area is 206 Å². The monoisotopic (exact) mass is 485 g/mol. The standard InChI is InChI=1S/C25H35N5O5/c1-17-11-30(12-19-9-26-16-27-10-19)18(2)14-35-22-8-20(28-24(31)15-33-4)6-7-21(22)25(32)29(3)13-23(17)34-5/h6-10,16-18,23H,11-15H2,1-5H3,(H,28,31)/t17-,18-,23-/m0/s1. The first-order chi connectivity index (χ1) is 16.8. The molecule has 0 saturated carbocycles. The molecule has 10 nitrogen and oxygen atoms in total. The molecule has 0 unspecified atom stereocenters. The summed E-state index contributed by atoms with van der Waals surface area (Å²) in [7, 11) is 4.89. The number of likely N-dealkylation sites (N-methyl/N-ethyl adjacent to an activating group) is 1. The second-order valence-corrected chi connectivity index (χ2v) is 8.97. The van der Waals surface area contributed by atoms with Crippen LogP contribution in [0, 0.1) is 5.92 Å². The number of amides is 2. The number of aromatic nitrogens is 2. The minimum absolute atomic E-state index is 0.0157. The summed E-state index contributed by atoms with van der Waals surface area (Å²) in [5, 5.41) is 2.77. The van der Waals surface area contributed by atoms with Crippen molar-refractivity contribution in [3.63, 3.8) is 0 Å². The lowest BCUT2D eigenvalue weighted by atomic mass is 10.0. The van der Waals surface area contributed by atoms with E-state index >= 15 is 0 Å². The number of hydrogen-bond donors (Lipinski definition) is 1. The van der Waals surface area contributed by atoms with Gasteiger partial charge in [0.2, 0.25) is 5.91 Å². The molecule has 3 atom stereocenters. The Morgan fingerprint density at radius 1 is 1.20 bits per heavy atom. The lowest BCUT2D eigenvalue weighted by Crippen LogP contribution is -2.46. The van der Waals surface area contributed by atoms with Crippen LogP contribution in [0.15, 0.2) is 36.9 Å². The Kier molecular flexibility index (Phi) is 9.53. The van der Waals surface area contributed by atoms with Crippen molar-refractivity contribution in [3.05, 3.63) is 48.0 Å². The van der Waals surface area contributed by atoms with E-state index in [-0.39, 0.29) is 36.5 Å². The minimum atomic E-state index is -0.286. The first-order valence-corrected chi connectivity index (χ1v) is 11.6. The zero-order valence-electron chi connectivity index (χ0n) is 21.1. The molecular formula is C25H35N5O5. The van der Waals surface area contributed by atoms with Crippen molar-refractivity contribution in [3.8, 4) is 5.75 Å². The van der Waals surface area contributed by atoms with E-state index in [2.05, 4.69) is 34.0 Å². The molecule has 2 aromatic rings. The maximum Gasteiger partial charge on any atom is 0.257 e. The summed E-state index contributed by atoms with van der Waals surface area (Å²) < 4.78 is 16.9. The highest BCUT2D eigenvalue weighted by molar-refractivity contribution is 5.98. The van der Waals surface area contributed by atoms with E-state index in [1.807, 2.05) is 12.4 Å². The molecule has 2 heterocycles. The number of methoxy groups -OCH3 is 2. The highest BCUT2D eigenvalue weighted by atomic mass is 16.5. The number of rotatable bonds is 6. The predicted molar refractivity (Wildman–Crippen MR) is 131 cm³/mol. The van der Waals surface area contributed by atoms with Crippen LogP contribution >= 0.6 is 0 Å². The number of carbonyl (C=O) groups is 2. The highest BCUT2D eigenvalue weighted by Crippen LogP contribution is 2.27. The van der Waals surface area contributed by atoms with Gasteiger partial charge in [-0.05, 0) is 25.0 Å². The summed E-state index contributed by atoms with van der Waals surface area (Å²) >= 11 is 0. The molecule has 190 valence electrons. The lowest BCUT2D eigenvalue weighted by Gasteiger charge is -2.36. The zero-order chi connectivity index (χ0) is 25.4. The number of benzene rings is 1. The summed E-state index contributed by atoms with van der Waals surface area (Å²) in [6.45, 7) is 6.31. The van der Waals surface area contributed by atoms with Crippen molar-refractivity contribution in [2.45, 2.75) is 32.5 Å². The molecule has 1 aliphatic rings. The molecule has 1 N–H and O–H groups in total. The number of nitrogens with zero attached hydrogens (tertiary/aromatic N) is 4. The van der Waals surface area contributed by atoms with Crippen LogP contribution in [-0.4, -0.2) is 91.3 Å². The molecule has 3 rings (SSSR count). The van der Waals surface area contributed by atoms with Gasteiger partial charge in [-0.2, -0.15) is 0 Å². The molecule has 0 bridgehead atoms. The fourth-order valence-electron chi connectivity index (χ4n) is 4.12. The van der Waals surface area contributed by atoms with Crippen LogP contribution in [-0.2, 0) is 20.8 Å². The Morgan fingerprint density at radius 3 is 2.63 bits per heavy atom. The van der Waals surface area contributed by atoms with E-state index < -0.39 is 0 Å². The Morgan fingerprint density at radius 2 is 1.94 bits per heavy atom. The summed E-state index contributed by atoms with van der Waals surface area (Å²) in [5.41, 5.74) is 1.96. The van der Waals surface area contributed by atoms with Gasteiger partial charge in [0, 0.05) is 76.7 Å². The van der Waals surface area contributed by atoms with E-state index in [4.69, 9.17) is 14.2 Å². The average Bonchev–Trinajstić information content (AvgIpc) is 2.85. The van der Waals surface area contributed by atoms with E-state index in [9.17, 15) is 9.59 Å². The number of anilines is 1. The van der Waals surface area contributed by atoms with Crippen molar-refractivity contribution >= 4 is 17.5 Å². The molecule has 0 fully saturated rings. The van der Waals surface area contributed by atoms with Gasteiger partial charge in [0.1, 0.15) is 25.3 Å². The average molecular weight is 486 g/mol. The maximum atomic E-state index is 13.3. The molecule has 2 amide bonds. The van der Waals surface area contributed by atoms with Crippen molar-refractivity contribution in [2.75, 3.05) is 52.9 Å². The molecule has 0 radical (unpaired) electrons. The Balaban J connectivity index is 1.92. The first kappa shape index (κ1) is 26.5. The van der Waals surface area contributed by atoms with E-state index in [0.29, 0.717) is 36.7 Å². The smallest absolute Gasteiger partial charge is 0.257 e. The van der Waals surface area contributed by atoms with Gasteiger partial charge in [-0.15, -0.1) is 0 Å². The van der Waals surface area contributed by atoms with Crippen molar-refractivity contribution in [1.29, 1.82) is 0 Å². The third kappa shape index (κ3) is 7.20. The van der Waals surface area contributed by atoms with Crippen LogP contribution in [0.5, 0.6) is 5.75 Å². The lowest BCUT2D eigenvalue weighted by molar-refractivity contribution is -0.119. The number of fused-ring (bicyclic) bond motifs is 1. The molecule has 0 aliphatic carbocycles. The molecule has 0 saturated heterocycles. The number of carbonyl (C=O) groups excluding carboxylic acids is 2. The van der Waals surface area contributed by atoms with Gasteiger partial charge < -0.3 is 24.4 Å². The molecule has 1 aromatic carbocycles. The Bertz CT molecular complexity index is 989. The largest absolute Gasteiger partial charge is 0.491 e. The first-order valence-electron chi connectivity index (χ1n) is 11.6. The number of ether oxygens (including phenoxy) is 3. The molecule has 35 heavy (non-hydrogen) atoms.